The van der Waals surface area contributed by atoms with Crippen molar-refractivity contribution in [3.63, 3.8) is 0 Å². The van der Waals surface area contributed by atoms with E-state index in [0.717, 1.165) is 24.3 Å². The van der Waals surface area contributed by atoms with E-state index in [1.54, 1.807) is 17.2 Å². The largest absolute Gasteiger partial charge is 0.371 e. The van der Waals surface area contributed by atoms with Gasteiger partial charge >= 0.3 is 0 Å². The van der Waals surface area contributed by atoms with Crippen LogP contribution in [0.1, 0.15) is 28.8 Å². The molecule has 1 fully saturated rings. The topological polar surface area (TPSA) is 75.9 Å². The second kappa shape index (κ2) is 7.35. The van der Waals surface area contributed by atoms with Gasteiger partial charge in [0, 0.05) is 37.1 Å². The number of carbonyl (C=O) groups is 1. The first kappa shape index (κ1) is 16.3. The third kappa shape index (κ3) is 3.28. The van der Waals surface area contributed by atoms with Gasteiger partial charge in [-0.1, -0.05) is 18.2 Å². The molecule has 1 aliphatic heterocycles. The summed E-state index contributed by atoms with van der Waals surface area (Å²) >= 11 is 0. The van der Waals surface area contributed by atoms with Gasteiger partial charge in [0.2, 0.25) is 0 Å². The van der Waals surface area contributed by atoms with E-state index in [1.165, 1.54) is 19.2 Å². The summed E-state index contributed by atoms with van der Waals surface area (Å²) in [7, 11) is 0. The Morgan fingerprint density at radius 3 is 2.77 bits per heavy atom. The maximum Gasteiger partial charge on any atom is 0.253 e. The van der Waals surface area contributed by atoms with Crippen LogP contribution in [0.3, 0.4) is 0 Å². The van der Waals surface area contributed by atoms with E-state index in [0.29, 0.717) is 17.9 Å². The van der Waals surface area contributed by atoms with Crippen LogP contribution in [0.2, 0.25) is 0 Å². The highest BCUT2D eigenvalue weighted by atomic mass is 16.1. The number of nitrogens with one attached hydrogen (secondary N) is 1. The molecule has 1 aromatic carbocycles. The second-order valence-corrected chi connectivity index (χ2v) is 6.22. The van der Waals surface area contributed by atoms with Crippen molar-refractivity contribution in [3.8, 4) is 5.82 Å². The van der Waals surface area contributed by atoms with E-state index in [4.69, 9.17) is 0 Å². The lowest BCUT2D eigenvalue weighted by Gasteiger charge is -2.21. The molecule has 26 heavy (non-hydrogen) atoms. The molecule has 0 saturated carbocycles. The van der Waals surface area contributed by atoms with Crippen LogP contribution < -0.4 is 10.2 Å². The van der Waals surface area contributed by atoms with E-state index < -0.39 is 0 Å². The van der Waals surface area contributed by atoms with Gasteiger partial charge in [0.05, 0.1) is 5.56 Å². The summed E-state index contributed by atoms with van der Waals surface area (Å²) in [6.45, 7) is 2.38. The van der Waals surface area contributed by atoms with Gasteiger partial charge in [-0.15, -0.1) is 0 Å². The minimum Gasteiger partial charge on any atom is -0.371 e. The van der Waals surface area contributed by atoms with Crippen molar-refractivity contribution in [3.05, 3.63) is 66.4 Å². The van der Waals surface area contributed by atoms with E-state index >= 15 is 0 Å². The molecule has 0 radical (unpaired) electrons. The molecule has 1 aliphatic rings. The first-order chi connectivity index (χ1) is 12.8. The number of rotatable bonds is 5. The van der Waals surface area contributed by atoms with Gasteiger partial charge in [-0.25, -0.2) is 14.6 Å². The Labute approximate surface area is 151 Å². The quantitative estimate of drug-likeness (QED) is 0.765. The number of hydrogen-bond acceptors (Lipinski definition) is 5. The summed E-state index contributed by atoms with van der Waals surface area (Å²) < 4.78 is 1.60. The van der Waals surface area contributed by atoms with E-state index in [-0.39, 0.29) is 5.91 Å². The standard InChI is InChI=1S/C19H20N6O/c26-19(16-7-1-2-8-17(16)24-10-3-4-11-24)22-12-15-6-5-9-21-18(15)25-14-20-13-23-25/h1-2,5-9,13-14H,3-4,10-12H2,(H,22,26). The molecule has 4 rings (SSSR count). The van der Waals surface area contributed by atoms with Crippen LogP contribution in [0.4, 0.5) is 5.69 Å². The molecule has 0 spiro atoms. The van der Waals surface area contributed by atoms with Crippen molar-refractivity contribution in [1.82, 2.24) is 25.1 Å². The van der Waals surface area contributed by atoms with Crippen molar-refractivity contribution in [2.45, 2.75) is 19.4 Å². The van der Waals surface area contributed by atoms with Crippen LogP contribution >= 0.6 is 0 Å². The summed E-state index contributed by atoms with van der Waals surface area (Å²) in [5, 5.41) is 7.14. The van der Waals surface area contributed by atoms with Crippen molar-refractivity contribution < 1.29 is 4.79 Å². The summed E-state index contributed by atoms with van der Waals surface area (Å²) in [4.78, 5) is 23.4. The second-order valence-electron chi connectivity index (χ2n) is 6.22. The van der Waals surface area contributed by atoms with Crippen molar-refractivity contribution in [1.29, 1.82) is 0 Å². The highest BCUT2D eigenvalue weighted by Crippen LogP contribution is 2.24. The molecular weight excluding hydrogens is 328 g/mol. The fourth-order valence-electron chi connectivity index (χ4n) is 3.26. The number of hydrogen-bond donors (Lipinski definition) is 1. The number of para-hydroxylation sites is 1. The third-order valence-electron chi connectivity index (χ3n) is 4.54. The molecule has 0 aliphatic carbocycles. The van der Waals surface area contributed by atoms with Gasteiger partial charge in [0.15, 0.2) is 5.82 Å². The summed E-state index contributed by atoms with van der Waals surface area (Å²) in [6, 6.07) is 11.6. The molecule has 0 bridgehead atoms. The number of amides is 1. The molecular formula is C19H20N6O. The Morgan fingerprint density at radius 1 is 1.12 bits per heavy atom. The Balaban J connectivity index is 1.52. The highest BCUT2D eigenvalue weighted by Gasteiger charge is 2.19. The highest BCUT2D eigenvalue weighted by molar-refractivity contribution is 5.99. The number of carbonyl (C=O) groups excluding carboxylic acids is 1. The SMILES string of the molecule is O=C(NCc1cccnc1-n1cncn1)c1ccccc1N1CCCC1. The molecule has 2 aromatic heterocycles. The Bertz CT molecular complexity index is 887. The first-order valence-corrected chi connectivity index (χ1v) is 8.74. The predicted octanol–water partition coefficient (Wildman–Crippen LogP) is 2.19. The number of aromatic nitrogens is 4. The lowest BCUT2D eigenvalue weighted by molar-refractivity contribution is 0.0951. The molecule has 0 atom stereocenters. The third-order valence-corrected chi connectivity index (χ3v) is 4.54. The molecule has 1 saturated heterocycles. The Hall–Kier alpha value is -3.22. The molecule has 3 heterocycles. The van der Waals surface area contributed by atoms with Gasteiger partial charge < -0.3 is 10.2 Å². The fraction of sp³-hybridized carbons (Fsp3) is 0.263. The number of anilines is 1. The molecule has 7 nitrogen and oxygen atoms in total. The maximum atomic E-state index is 12.8. The number of benzene rings is 1. The van der Waals surface area contributed by atoms with Gasteiger partial charge in [0.25, 0.3) is 5.91 Å². The zero-order valence-corrected chi connectivity index (χ0v) is 14.4. The van der Waals surface area contributed by atoms with Crippen LogP contribution in [0.25, 0.3) is 5.82 Å². The number of nitrogens with zero attached hydrogens (tertiary/aromatic N) is 5. The molecule has 1 amide bonds. The summed E-state index contributed by atoms with van der Waals surface area (Å²) in [6.07, 6.45) is 7.10. The minimum atomic E-state index is -0.0825. The summed E-state index contributed by atoms with van der Waals surface area (Å²) in [5.74, 6) is 0.582. The lowest BCUT2D eigenvalue weighted by Crippen LogP contribution is -2.27. The van der Waals surface area contributed by atoms with E-state index in [1.807, 2.05) is 36.4 Å². The molecule has 7 heteroatoms. The van der Waals surface area contributed by atoms with Crippen molar-refractivity contribution in [2.75, 3.05) is 18.0 Å². The Morgan fingerprint density at radius 2 is 1.96 bits per heavy atom. The van der Waals surface area contributed by atoms with Gasteiger partial charge in [-0.3, -0.25) is 4.79 Å². The van der Waals surface area contributed by atoms with Crippen LogP contribution in [0, 0.1) is 0 Å². The fourth-order valence-corrected chi connectivity index (χ4v) is 3.26. The smallest absolute Gasteiger partial charge is 0.253 e. The van der Waals surface area contributed by atoms with Crippen LogP contribution in [0.15, 0.2) is 55.2 Å². The lowest BCUT2D eigenvalue weighted by atomic mass is 10.1. The van der Waals surface area contributed by atoms with E-state index in [2.05, 4.69) is 25.3 Å². The predicted molar refractivity (Wildman–Crippen MR) is 98.2 cm³/mol. The van der Waals surface area contributed by atoms with Crippen molar-refractivity contribution in [2.24, 2.45) is 0 Å². The first-order valence-electron chi connectivity index (χ1n) is 8.74. The van der Waals surface area contributed by atoms with Crippen LogP contribution in [0.5, 0.6) is 0 Å². The van der Waals surface area contributed by atoms with Crippen LogP contribution in [-0.4, -0.2) is 38.7 Å². The van der Waals surface area contributed by atoms with E-state index in [9.17, 15) is 4.79 Å². The Kier molecular flexibility index (Phi) is 4.59. The van der Waals surface area contributed by atoms with Crippen molar-refractivity contribution >= 4 is 11.6 Å². The van der Waals surface area contributed by atoms with Gasteiger partial charge in [-0.05, 0) is 31.0 Å². The molecule has 3 aromatic rings. The minimum absolute atomic E-state index is 0.0825. The number of pyridine rings is 1. The average molecular weight is 348 g/mol. The average Bonchev–Trinajstić information content (AvgIpc) is 3.40. The molecule has 0 unspecified atom stereocenters. The molecule has 132 valence electrons. The normalized spacial score (nSPS) is 13.8. The zero-order valence-electron chi connectivity index (χ0n) is 14.4. The maximum absolute atomic E-state index is 12.8. The summed E-state index contributed by atoms with van der Waals surface area (Å²) in [5.41, 5.74) is 2.59. The van der Waals surface area contributed by atoms with Gasteiger partial charge in [0.1, 0.15) is 12.7 Å². The van der Waals surface area contributed by atoms with Gasteiger partial charge in [-0.2, -0.15) is 5.10 Å². The zero-order chi connectivity index (χ0) is 17.8. The monoisotopic (exact) mass is 348 g/mol. The molecule has 1 N–H and O–H groups in total. The van der Waals surface area contributed by atoms with Crippen LogP contribution in [-0.2, 0) is 6.54 Å².